The number of hydrogen-bond acceptors (Lipinski definition) is 4. The molecular weight excluding hydrogens is 284 g/mol. The van der Waals surface area contributed by atoms with Gasteiger partial charge in [-0.2, -0.15) is 13.2 Å². The monoisotopic (exact) mass is 291 g/mol. The molecule has 108 valence electrons. The first kappa shape index (κ1) is 15.3. The minimum absolute atomic E-state index is 0.508. The summed E-state index contributed by atoms with van der Waals surface area (Å²) in [7, 11) is 0.929. The van der Waals surface area contributed by atoms with Gasteiger partial charge in [-0.3, -0.25) is 0 Å². The maximum absolute atomic E-state index is 12.6. The Morgan fingerprint density at radius 3 is 2.16 bits per heavy atom. The number of aliphatic hydroxyl groups is 1. The van der Waals surface area contributed by atoms with Gasteiger partial charge in [0.1, 0.15) is 5.75 Å². The van der Waals surface area contributed by atoms with Crippen molar-refractivity contribution in [1.29, 1.82) is 0 Å². The topological polar surface area (TPSA) is 51.6 Å². The Morgan fingerprint density at radius 2 is 1.79 bits per heavy atom. The quantitative estimate of drug-likeness (QED) is 0.869. The van der Waals surface area contributed by atoms with Gasteiger partial charge >= 0.3 is 12.5 Å². The summed E-state index contributed by atoms with van der Waals surface area (Å²) in [6.07, 6.45) is -10.3. The van der Waals surface area contributed by atoms with Crippen LogP contribution in [-0.2, 0) is 12.8 Å². The van der Waals surface area contributed by atoms with E-state index in [1.165, 1.54) is 0 Å². The number of aliphatic hydroxyl groups excluding tert-OH is 1. The number of aromatic nitrogens is 1. The fourth-order valence-corrected chi connectivity index (χ4v) is 1.23. The standard InChI is InChI=1S/C9H7F6NO3/c1-18-6-2-5(19-9(13,14)15)4(3-17)7(16-6)8(10,11)12/h2,17H,3H2,1H3. The molecule has 0 aliphatic heterocycles. The van der Waals surface area contributed by atoms with Crippen molar-refractivity contribution in [2.24, 2.45) is 0 Å². The van der Waals surface area contributed by atoms with Crippen LogP contribution in [0, 0.1) is 0 Å². The average Bonchev–Trinajstić information content (AvgIpc) is 2.24. The Kier molecular flexibility index (Phi) is 4.13. The van der Waals surface area contributed by atoms with Crippen molar-refractivity contribution >= 4 is 0 Å². The smallest absolute Gasteiger partial charge is 0.481 e. The number of hydrogen-bond donors (Lipinski definition) is 1. The molecule has 1 aromatic rings. The van der Waals surface area contributed by atoms with Gasteiger partial charge in [0.2, 0.25) is 5.88 Å². The Hall–Kier alpha value is -1.71. The average molecular weight is 291 g/mol. The summed E-state index contributed by atoms with van der Waals surface area (Å²) in [5, 5.41) is 8.79. The molecule has 1 aromatic heterocycles. The lowest BCUT2D eigenvalue weighted by atomic mass is 10.1. The van der Waals surface area contributed by atoms with E-state index < -0.39 is 42.0 Å². The lowest BCUT2D eigenvalue weighted by Gasteiger charge is -2.17. The van der Waals surface area contributed by atoms with Gasteiger partial charge in [-0.15, -0.1) is 13.2 Å². The molecule has 0 bridgehead atoms. The van der Waals surface area contributed by atoms with Gasteiger partial charge in [-0.05, 0) is 0 Å². The van der Waals surface area contributed by atoms with E-state index in [4.69, 9.17) is 5.11 Å². The Labute approximate surface area is 102 Å². The molecule has 0 fully saturated rings. The Bertz CT molecular complexity index is 456. The summed E-state index contributed by atoms with van der Waals surface area (Å²) in [4.78, 5) is 2.97. The number of methoxy groups -OCH3 is 1. The predicted octanol–water partition coefficient (Wildman–Crippen LogP) is 2.50. The summed E-state index contributed by atoms with van der Waals surface area (Å²) < 4.78 is 81.8. The largest absolute Gasteiger partial charge is 0.573 e. The fourth-order valence-electron chi connectivity index (χ4n) is 1.23. The van der Waals surface area contributed by atoms with Crippen molar-refractivity contribution < 1.29 is 40.9 Å². The van der Waals surface area contributed by atoms with E-state index in [1.54, 1.807) is 0 Å². The highest BCUT2D eigenvalue weighted by Crippen LogP contribution is 2.38. The van der Waals surface area contributed by atoms with Gasteiger partial charge < -0.3 is 14.6 Å². The third kappa shape index (κ3) is 3.88. The third-order valence-corrected chi connectivity index (χ3v) is 1.92. The van der Waals surface area contributed by atoms with Crippen molar-refractivity contribution in [1.82, 2.24) is 4.98 Å². The van der Waals surface area contributed by atoms with Crippen molar-refractivity contribution in [2.75, 3.05) is 7.11 Å². The van der Waals surface area contributed by atoms with Crippen LogP contribution in [0.1, 0.15) is 11.3 Å². The Balaban J connectivity index is 3.44. The highest BCUT2D eigenvalue weighted by Gasteiger charge is 2.40. The number of alkyl halides is 6. The van der Waals surface area contributed by atoms with Crippen LogP contribution in [-0.4, -0.2) is 23.6 Å². The zero-order valence-electron chi connectivity index (χ0n) is 9.26. The van der Waals surface area contributed by atoms with E-state index in [-0.39, 0.29) is 0 Å². The molecule has 0 aliphatic carbocycles. The zero-order valence-corrected chi connectivity index (χ0v) is 9.26. The van der Waals surface area contributed by atoms with Crippen molar-refractivity contribution in [2.45, 2.75) is 19.1 Å². The van der Waals surface area contributed by atoms with E-state index in [1.807, 2.05) is 0 Å². The maximum atomic E-state index is 12.6. The molecule has 0 radical (unpaired) electrons. The minimum atomic E-state index is -5.21. The van der Waals surface area contributed by atoms with Crippen LogP contribution in [0.5, 0.6) is 11.6 Å². The summed E-state index contributed by atoms with van der Waals surface area (Å²) in [6, 6.07) is 0.508. The summed E-state index contributed by atoms with van der Waals surface area (Å²) >= 11 is 0. The maximum Gasteiger partial charge on any atom is 0.573 e. The molecule has 4 nitrogen and oxygen atoms in total. The van der Waals surface area contributed by atoms with Crippen LogP contribution in [0.25, 0.3) is 0 Å². The molecule has 1 rings (SSSR count). The predicted molar refractivity (Wildman–Crippen MR) is 48.4 cm³/mol. The number of pyridine rings is 1. The first-order valence-electron chi connectivity index (χ1n) is 4.60. The lowest BCUT2D eigenvalue weighted by Crippen LogP contribution is -2.21. The molecule has 0 aliphatic rings. The SMILES string of the molecule is COc1cc(OC(F)(F)F)c(CO)c(C(F)(F)F)n1. The molecule has 1 heterocycles. The van der Waals surface area contributed by atoms with Crippen molar-refractivity contribution in [3.8, 4) is 11.6 Å². The van der Waals surface area contributed by atoms with Crippen molar-refractivity contribution in [3.05, 3.63) is 17.3 Å². The van der Waals surface area contributed by atoms with E-state index in [9.17, 15) is 26.3 Å². The molecule has 0 aromatic carbocycles. The molecule has 0 atom stereocenters. The highest BCUT2D eigenvalue weighted by molar-refractivity contribution is 5.41. The van der Waals surface area contributed by atoms with Crippen LogP contribution >= 0.6 is 0 Å². The van der Waals surface area contributed by atoms with E-state index in [2.05, 4.69) is 14.5 Å². The summed E-state index contributed by atoms with van der Waals surface area (Å²) in [5.74, 6) is -1.93. The molecule has 19 heavy (non-hydrogen) atoms. The van der Waals surface area contributed by atoms with E-state index in [0.717, 1.165) is 7.11 Å². The second-order valence-corrected chi connectivity index (χ2v) is 3.19. The number of nitrogens with zero attached hydrogens (tertiary/aromatic N) is 1. The molecule has 0 saturated carbocycles. The van der Waals surface area contributed by atoms with Crippen LogP contribution in [0.15, 0.2) is 6.07 Å². The number of halogens is 6. The van der Waals surface area contributed by atoms with Crippen LogP contribution in [0.3, 0.4) is 0 Å². The molecule has 10 heteroatoms. The minimum Gasteiger partial charge on any atom is -0.481 e. The van der Waals surface area contributed by atoms with Gasteiger partial charge in [-0.1, -0.05) is 0 Å². The summed E-state index contributed by atoms with van der Waals surface area (Å²) in [5.41, 5.74) is -2.82. The van der Waals surface area contributed by atoms with Gasteiger partial charge in [0.15, 0.2) is 5.69 Å². The molecular formula is C9H7F6NO3. The van der Waals surface area contributed by atoms with Gasteiger partial charge in [0.05, 0.1) is 19.3 Å². The lowest BCUT2D eigenvalue weighted by molar-refractivity contribution is -0.275. The normalized spacial score (nSPS) is 12.4. The molecule has 0 unspecified atom stereocenters. The van der Waals surface area contributed by atoms with Gasteiger partial charge in [0.25, 0.3) is 0 Å². The van der Waals surface area contributed by atoms with E-state index in [0.29, 0.717) is 6.07 Å². The first-order valence-corrected chi connectivity index (χ1v) is 4.60. The van der Waals surface area contributed by atoms with E-state index >= 15 is 0 Å². The van der Waals surface area contributed by atoms with Crippen LogP contribution in [0.4, 0.5) is 26.3 Å². The zero-order chi connectivity index (χ0) is 14.8. The fraction of sp³-hybridized carbons (Fsp3) is 0.444. The third-order valence-electron chi connectivity index (χ3n) is 1.92. The second-order valence-electron chi connectivity index (χ2n) is 3.19. The molecule has 0 saturated heterocycles. The molecule has 0 amide bonds. The van der Waals surface area contributed by atoms with Gasteiger partial charge in [-0.25, -0.2) is 4.98 Å². The molecule has 1 N–H and O–H groups in total. The van der Waals surface area contributed by atoms with Gasteiger partial charge in [0, 0.05) is 6.07 Å². The summed E-state index contributed by atoms with van der Waals surface area (Å²) in [6.45, 7) is -1.32. The molecule has 0 spiro atoms. The second kappa shape index (κ2) is 5.11. The number of rotatable bonds is 3. The highest BCUT2D eigenvalue weighted by atomic mass is 19.4. The first-order chi connectivity index (χ1) is 8.58. The van der Waals surface area contributed by atoms with Crippen LogP contribution < -0.4 is 9.47 Å². The number of ether oxygens (including phenoxy) is 2. The van der Waals surface area contributed by atoms with Crippen molar-refractivity contribution in [3.63, 3.8) is 0 Å². The Morgan fingerprint density at radius 1 is 1.21 bits per heavy atom. The van der Waals surface area contributed by atoms with Crippen LogP contribution in [0.2, 0.25) is 0 Å².